The van der Waals surface area contributed by atoms with Crippen molar-refractivity contribution in [3.05, 3.63) is 36.4 Å². The zero-order valence-corrected chi connectivity index (χ0v) is 12.5. The number of hydrogen-bond acceptors (Lipinski definition) is 6. The number of benzene rings is 1. The molecule has 6 nitrogen and oxygen atoms in total. The molecule has 1 aromatic carbocycles. The Kier molecular flexibility index (Phi) is 3.76. The van der Waals surface area contributed by atoms with Gasteiger partial charge in [0.1, 0.15) is 22.6 Å². The summed E-state index contributed by atoms with van der Waals surface area (Å²) in [5, 5.41) is 0.813. The number of fused-ring (bicyclic) bond motifs is 1. The van der Waals surface area contributed by atoms with Crippen molar-refractivity contribution in [2.45, 2.75) is 22.9 Å². The van der Waals surface area contributed by atoms with Crippen molar-refractivity contribution in [3.63, 3.8) is 0 Å². The normalized spacial score (nSPS) is 12.5. The molecule has 3 rings (SSSR count). The zero-order chi connectivity index (χ0) is 14.8. The summed E-state index contributed by atoms with van der Waals surface area (Å²) >= 11 is 1.52. The Morgan fingerprint density at radius 1 is 1.29 bits per heavy atom. The lowest BCUT2D eigenvalue weighted by molar-refractivity contribution is 0.405. The minimum atomic E-state index is -0.136. The van der Waals surface area contributed by atoms with Crippen LogP contribution in [0.3, 0.4) is 0 Å². The van der Waals surface area contributed by atoms with E-state index >= 15 is 0 Å². The molecule has 2 heterocycles. The molecule has 0 saturated heterocycles. The van der Waals surface area contributed by atoms with Crippen LogP contribution in [0.15, 0.2) is 40.8 Å². The van der Waals surface area contributed by atoms with Crippen LogP contribution >= 0.6 is 11.8 Å². The lowest BCUT2D eigenvalue weighted by Crippen LogP contribution is -2.08. The molecule has 0 bridgehead atoms. The van der Waals surface area contributed by atoms with Crippen LogP contribution in [0.4, 0.5) is 0 Å². The number of nitrogens with zero attached hydrogens (tertiary/aromatic N) is 3. The van der Waals surface area contributed by atoms with Crippen LogP contribution in [-0.2, 0) is 0 Å². The van der Waals surface area contributed by atoms with Gasteiger partial charge in [0, 0.05) is 16.5 Å². The average Bonchev–Trinajstić information content (AvgIpc) is 2.96. The first kappa shape index (κ1) is 13.8. The second kappa shape index (κ2) is 5.71. The molecular formula is C14H15N5OS. The summed E-state index contributed by atoms with van der Waals surface area (Å²) in [4.78, 5) is 16.7. The highest BCUT2D eigenvalue weighted by atomic mass is 32.2. The van der Waals surface area contributed by atoms with Gasteiger partial charge in [0.05, 0.1) is 13.4 Å². The lowest BCUT2D eigenvalue weighted by atomic mass is 10.1. The number of imidazole rings is 1. The van der Waals surface area contributed by atoms with Crippen LogP contribution in [0.5, 0.6) is 5.75 Å². The molecule has 21 heavy (non-hydrogen) atoms. The zero-order valence-electron chi connectivity index (χ0n) is 11.7. The van der Waals surface area contributed by atoms with Gasteiger partial charge in [-0.1, -0.05) is 17.8 Å². The average molecular weight is 301 g/mol. The Labute approximate surface area is 126 Å². The third kappa shape index (κ3) is 2.57. The maximum absolute atomic E-state index is 6.09. The van der Waals surface area contributed by atoms with Crippen molar-refractivity contribution in [3.8, 4) is 5.75 Å². The van der Waals surface area contributed by atoms with Crippen LogP contribution in [0, 0.1) is 0 Å². The quantitative estimate of drug-likeness (QED) is 0.720. The fraction of sp³-hybridized carbons (Fsp3) is 0.214. The highest BCUT2D eigenvalue weighted by Crippen LogP contribution is 2.38. The number of ether oxygens (including phenoxy) is 1. The Bertz CT molecular complexity index is 771. The maximum Gasteiger partial charge on any atom is 0.181 e. The van der Waals surface area contributed by atoms with Crippen molar-refractivity contribution >= 4 is 22.9 Å². The second-order valence-electron chi connectivity index (χ2n) is 4.54. The minimum Gasteiger partial charge on any atom is -0.496 e. The standard InChI is InChI=1S/C14H15N5OS/c1-8(15)11-9(20-2)4-3-5-10(11)21-14-12-13(17-6-16-12)18-7-19-14/h3-8H,15H2,1-2H3,(H,16,17,18,19)/t8-/m0/s1. The molecule has 1 atom stereocenters. The van der Waals surface area contributed by atoms with E-state index in [2.05, 4.69) is 19.9 Å². The maximum atomic E-state index is 6.09. The van der Waals surface area contributed by atoms with E-state index in [0.717, 1.165) is 26.8 Å². The Morgan fingerprint density at radius 2 is 2.14 bits per heavy atom. The Morgan fingerprint density at radius 3 is 2.90 bits per heavy atom. The molecule has 0 aliphatic heterocycles. The van der Waals surface area contributed by atoms with Crippen molar-refractivity contribution in [2.24, 2.45) is 5.73 Å². The molecule has 3 aromatic rings. The molecule has 0 radical (unpaired) electrons. The summed E-state index contributed by atoms with van der Waals surface area (Å²) in [5.74, 6) is 0.782. The van der Waals surface area contributed by atoms with Gasteiger partial charge in [-0.05, 0) is 19.1 Å². The number of methoxy groups -OCH3 is 1. The van der Waals surface area contributed by atoms with E-state index in [1.165, 1.54) is 18.1 Å². The van der Waals surface area contributed by atoms with Crippen LogP contribution < -0.4 is 10.5 Å². The largest absolute Gasteiger partial charge is 0.496 e. The third-order valence-corrected chi connectivity index (χ3v) is 4.17. The van der Waals surface area contributed by atoms with Crippen molar-refractivity contribution < 1.29 is 4.74 Å². The van der Waals surface area contributed by atoms with Gasteiger partial charge >= 0.3 is 0 Å². The summed E-state index contributed by atoms with van der Waals surface area (Å²) in [6.45, 7) is 1.94. The minimum absolute atomic E-state index is 0.136. The summed E-state index contributed by atoms with van der Waals surface area (Å²) in [7, 11) is 1.65. The summed E-state index contributed by atoms with van der Waals surface area (Å²) in [6, 6.07) is 5.73. The van der Waals surface area contributed by atoms with E-state index in [0.29, 0.717) is 5.65 Å². The second-order valence-corrected chi connectivity index (χ2v) is 5.57. The Balaban J connectivity index is 2.07. The first-order valence-electron chi connectivity index (χ1n) is 6.45. The SMILES string of the molecule is COc1cccc(Sc2ncnc3nc[nH]c23)c1[C@H](C)N. The van der Waals surface area contributed by atoms with E-state index in [4.69, 9.17) is 10.5 Å². The van der Waals surface area contributed by atoms with E-state index in [9.17, 15) is 0 Å². The van der Waals surface area contributed by atoms with Crippen LogP contribution in [0.1, 0.15) is 18.5 Å². The van der Waals surface area contributed by atoms with Gasteiger partial charge < -0.3 is 15.5 Å². The van der Waals surface area contributed by atoms with Crippen molar-refractivity contribution in [1.29, 1.82) is 0 Å². The van der Waals surface area contributed by atoms with Gasteiger partial charge in [0.2, 0.25) is 0 Å². The van der Waals surface area contributed by atoms with Gasteiger partial charge in [-0.3, -0.25) is 0 Å². The lowest BCUT2D eigenvalue weighted by Gasteiger charge is -2.16. The molecular weight excluding hydrogens is 286 g/mol. The molecule has 0 amide bonds. The van der Waals surface area contributed by atoms with E-state index in [-0.39, 0.29) is 6.04 Å². The molecule has 3 N–H and O–H groups in total. The first-order valence-corrected chi connectivity index (χ1v) is 7.26. The number of nitrogens with two attached hydrogens (primary N) is 1. The molecule has 0 saturated carbocycles. The van der Waals surface area contributed by atoms with Crippen molar-refractivity contribution in [2.75, 3.05) is 7.11 Å². The van der Waals surface area contributed by atoms with Gasteiger partial charge in [-0.25, -0.2) is 15.0 Å². The number of hydrogen-bond donors (Lipinski definition) is 2. The molecule has 108 valence electrons. The Hall–Kier alpha value is -2.12. The number of rotatable bonds is 4. The number of aromatic amines is 1. The molecule has 0 spiro atoms. The number of H-pyrrole nitrogens is 1. The summed E-state index contributed by atoms with van der Waals surface area (Å²) < 4.78 is 5.41. The summed E-state index contributed by atoms with van der Waals surface area (Å²) in [6.07, 6.45) is 3.12. The topological polar surface area (TPSA) is 89.7 Å². The van der Waals surface area contributed by atoms with E-state index < -0.39 is 0 Å². The fourth-order valence-corrected chi connectivity index (χ4v) is 3.27. The van der Waals surface area contributed by atoms with Gasteiger partial charge in [0.15, 0.2) is 5.65 Å². The monoisotopic (exact) mass is 301 g/mol. The smallest absolute Gasteiger partial charge is 0.181 e. The highest BCUT2D eigenvalue weighted by Gasteiger charge is 2.16. The first-order chi connectivity index (χ1) is 10.2. The highest BCUT2D eigenvalue weighted by molar-refractivity contribution is 7.99. The molecule has 0 fully saturated rings. The molecule has 0 unspecified atom stereocenters. The van der Waals surface area contributed by atoms with Crippen LogP contribution in [0.2, 0.25) is 0 Å². The number of nitrogens with one attached hydrogen (secondary N) is 1. The third-order valence-electron chi connectivity index (χ3n) is 3.10. The van der Waals surface area contributed by atoms with Gasteiger partial charge in [0.25, 0.3) is 0 Å². The van der Waals surface area contributed by atoms with Crippen molar-refractivity contribution in [1.82, 2.24) is 19.9 Å². The van der Waals surface area contributed by atoms with Crippen LogP contribution in [-0.4, -0.2) is 27.0 Å². The molecule has 0 aliphatic rings. The molecule has 0 aliphatic carbocycles. The van der Waals surface area contributed by atoms with Gasteiger partial charge in [-0.2, -0.15) is 0 Å². The summed E-state index contributed by atoms with van der Waals surface area (Å²) in [5.41, 5.74) is 8.53. The van der Waals surface area contributed by atoms with Gasteiger partial charge in [-0.15, -0.1) is 0 Å². The van der Waals surface area contributed by atoms with Crippen LogP contribution in [0.25, 0.3) is 11.2 Å². The number of aromatic nitrogens is 4. The fourth-order valence-electron chi connectivity index (χ4n) is 2.16. The van der Waals surface area contributed by atoms with E-state index in [1.807, 2.05) is 25.1 Å². The predicted octanol–water partition coefficient (Wildman–Crippen LogP) is 2.53. The molecule has 7 heteroatoms. The predicted molar refractivity (Wildman–Crippen MR) is 81.4 cm³/mol. The molecule has 2 aromatic heterocycles. The van der Waals surface area contributed by atoms with E-state index in [1.54, 1.807) is 13.4 Å².